The molecule has 0 spiro atoms. The summed E-state index contributed by atoms with van der Waals surface area (Å²) in [7, 11) is 0. The molecular weight excluding hydrogens is 128 g/mol. The average molecular weight is 146 g/mol. The van der Waals surface area contributed by atoms with E-state index in [9.17, 15) is 5.11 Å². The van der Waals surface area contributed by atoms with Crippen LogP contribution in [0.4, 0.5) is 0 Å². The fraction of sp³-hybridized carbons (Fsp3) is 1.00. The smallest absolute Gasteiger partial charge is 0.0543 e. The number of hydrogen-bond acceptors (Lipinski definition) is 2. The first kappa shape index (κ1) is 9.92. The normalized spacial score (nSPS) is 18.6. The third-order valence-corrected chi connectivity index (χ3v) is 2.36. The maximum absolute atomic E-state index is 9.18. The molecular formula is C8H18O2. The summed E-state index contributed by atoms with van der Waals surface area (Å²) in [6, 6.07) is 0. The molecule has 0 aliphatic heterocycles. The fourth-order valence-electron chi connectivity index (χ4n) is 0.797. The van der Waals surface area contributed by atoms with Gasteiger partial charge in [-0.1, -0.05) is 20.8 Å². The molecule has 0 saturated heterocycles. The Bertz CT molecular complexity index is 97.4. The Morgan fingerprint density at radius 1 is 1.30 bits per heavy atom. The van der Waals surface area contributed by atoms with Crippen LogP contribution in [-0.2, 0) is 0 Å². The van der Waals surface area contributed by atoms with E-state index in [0.29, 0.717) is 0 Å². The van der Waals surface area contributed by atoms with Crippen molar-refractivity contribution in [3.63, 3.8) is 0 Å². The Hall–Kier alpha value is -0.0800. The van der Waals surface area contributed by atoms with Gasteiger partial charge in [0, 0.05) is 6.61 Å². The molecule has 0 amide bonds. The van der Waals surface area contributed by atoms with Crippen LogP contribution in [-0.4, -0.2) is 22.9 Å². The molecule has 0 rings (SSSR count). The zero-order valence-electron chi connectivity index (χ0n) is 7.26. The number of aliphatic hydroxyl groups is 2. The van der Waals surface area contributed by atoms with E-state index in [0.717, 1.165) is 0 Å². The zero-order valence-corrected chi connectivity index (χ0v) is 7.26. The van der Waals surface area contributed by atoms with Gasteiger partial charge in [0.2, 0.25) is 0 Å². The first-order valence-electron chi connectivity index (χ1n) is 3.70. The van der Waals surface area contributed by atoms with Gasteiger partial charge in [0.05, 0.1) is 6.10 Å². The monoisotopic (exact) mass is 146 g/mol. The van der Waals surface area contributed by atoms with Crippen molar-refractivity contribution in [2.24, 2.45) is 11.3 Å². The molecule has 2 N–H and O–H groups in total. The molecule has 2 unspecified atom stereocenters. The Labute approximate surface area is 62.9 Å². The number of hydrogen-bond donors (Lipinski definition) is 2. The van der Waals surface area contributed by atoms with Crippen LogP contribution >= 0.6 is 0 Å². The van der Waals surface area contributed by atoms with Gasteiger partial charge in [-0.25, -0.2) is 0 Å². The quantitative estimate of drug-likeness (QED) is 0.624. The van der Waals surface area contributed by atoms with E-state index in [4.69, 9.17) is 5.11 Å². The summed E-state index contributed by atoms with van der Waals surface area (Å²) in [5, 5.41) is 18.1. The highest BCUT2D eigenvalue weighted by molar-refractivity contribution is 4.77. The van der Waals surface area contributed by atoms with E-state index in [1.54, 1.807) is 6.92 Å². The fourth-order valence-corrected chi connectivity index (χ4v) is 0.797. The largest absolute Gasteiger partial charge is 0.396 e. The molecule has 0 aliphatic carbocycles. The van der Waals surface area contributed by atoms with E-state index in [1.165, 1.54) is 0 Å². The Kier molecular flexibility index (Phi) is 3.33. The molecule has 2 heteroatoms. The predicted molar refractivity (Wildman–Crippen MR) is 41.7 cm³/mol. The number of aliphatic hydroxyl groups excluding tert-OH is 2. The second-order valence-electron chi connectivity index (χ2n) is 3.68. The molecule has 0 aromatic carbocycles. The molecule has 0 aromatic heterocycles. The first-order valence-corrected chi connectivity index (χ1v) is 3.70. The topological polar surface area (TPSA) is 40.5 Å². The highest BCUT2D eigenvalue weighted by atomic mass is 16.3. The number of rotatable bonds is 3. The van der Waals surface area contributed by atoms with E-state index in [-0.39, 0.29) is 24.0 Å². The van der Waals surface area contributed by atoms with Crippen LogP contribution in [0.5, 0.6) is 0 Å². The van der Waals surface area contributed by atoms with Crippen molar-refractivity contribution in [2.45, 2.75) is 33.8 Å². The van der Waals surface area contributed by atoms with Gasteiger partial charge in [0.25, 0.3) is 0 Å². The summed E-state index contributed by atoms with van der Waals surface area (Å²) in [4.78, 5) is 0. The summed E-state index contributed by atoms with van der Waals surface area (Å²) in [5.41, 5.74) is -0.172. The minimum atomic E-state index is -0.345. The van der Waals surface area contributed by atoms with E-state index in [2.05, 4.69) is 0 Å². The average Bonchev–Trinajstić information content (AvgIpc) is 1.86. The molecule has 0 radical (unpaired) electrons. The van der Waals surface area contributed by atoms with Crippen molar-refractivity contribution < 1.29 is 10.2 Å². The van der Waals surface area contributed by atoms with Gasteiger partial charge in [-0.05, 0) is 18.3 Å². The van der Waals surface area contributed by atoms with Gasteiger partial charge >= 0.3 is 0 Å². The molecule has 2 atom stereocenters. The Morgan fingerprint density at radius 2 is 1.70 bits per heavy atom. The van der Waals surface area contributed by atoms with Gasteiger partial charge in [-0.3, -0.25) is 0 Å². The zero-order chi connectivity index (χ0) is 8.36. The molecule has 0 saturated carbocycles. The molecule has 0 fully saturated rings. The predicted octanol–water partition coefficient (Wildman–Crippen LogP) is 1.02. The third kappa shape index (κ3) is 2.27. The van der Waals surface area contributed by atoms with Crippen molar-refractivity contribution in [3.05, 3.63) is 0 Å². The summed E-state index contributed by atoms with van der Waals surface area (Å²) in [6.07, 6.45) is -0.345. The lowest BCUT2D eigenvalue weighted by molar-refractivity contribution is 0.0214. The molecule has 2 nitrogen and oxygen atoms in total. The molecule has 0 aliphatic rings. The van der Waals surface area contributed by atoms with Crippen LogP contribution in [0, 0.1) is 11.3 Å². The van der Waals surface area contributed by atoms with Gasteiger partial charge in [0.1, 0.15) is 0 Å². The van der Waals surface area contributed by atoms with Crippen molar-refractivity contribution in [3.8, 4) is 0 Å². The van der Waals surface area contributed by atoms with E-state index in [1.807, 2.05) is 20.8 Å². The van der Waals surface area contributed by atoms with Crippen molar-refractivity contribution >= 4 is 0 Å². The Morgan fingerprint density at radius 3 is 1.80 bits per heavy atom. The lowest BCUT2D eigenvalue weighted by Gasteiger charge is -2.31. The van der Waals surface area contributed by atoms with Crippen molar-refractivity contribution in [1.82, 2.24) is 0 Å². The molecule has 0 aromatic rings. The van der Waals surface area contributed by atoms with Crippen molar-refractivity contribution in [1.29, 1.82) is 0 Å². The lowest BCUT2D eigenvalue weighted by atomic mass is 9.78. The summed E-state index contributed by atoms with van der Waals surface area (Å²) in [6.45, 7) is 7.72. The third-order valence-electron chi connectivity index (χ3n) is 2.36. The van der Waals surface area contributed by atoms with E-state index >= 15 is 0 Å². The second-order valence-corrected chi connectivity index (χ2v) is 3.68. The van der Waals surface area contributed by atoms with Crippen molar-refractivity contribution in [2.75, 3.05) is 6.61 Å². The highest BCUT2D eigenvalue weighted by Crippen LogP contribution is 2.27. The van der Waals surface area contributed by atoms with Crippen LogP contribution in [0.1, 0.15) is 27.7 Å². The summed E-state index contributed by atoms with van der Waals surface area (Å²) in [5.74, 6) is 0.137. The summed E-state index contributed by atoms with van der Waals surface area (Å²) >= 11 is 0. The van der Waals surface area contributed by atoms with Gasteiger partial charge in [0.15, 0.2) is 0 Å². The molecule has 62 valence electrons. The van der Waals surface area contributed by atoms with Crippen LogP contribution in [0.25, 0.3) is 0 Å². The highest BCUT2D eigenvalue weighted by Gasteiger charge is 2.27. The standard InChI is InChI=1S/C8H18O2/c1-6(7(2)10)8(3,4)5-9/h6-7,9-10H,5H2,1-4H3. The van der Waals surface area contributed by atoms with Gasteiger partial charge < -0.3 is 10.2 Å². The van der Waals surface area contributed by atoms with Crippen LogP contribution in [0.3, 0.4) is 0 Å². The van der Waals surface area contributed by atoms with E-state index < -0.39 is 0 Å². The maximum Gasteiger partial charge on any atom is 0.0543 e. The first-order chi connectivity index (χ1) is 4.41. The second kappa shape index (κ2) is 3.35. The molecule has 0 bridgehead atoms. The van der Waals surface area contributed by atoms with Crippen LogP contribution in [0.2, 0.25) is 0 Å². The van der Waals surface area contributed by atoms with Crippen LogP contribution < -0.4 is 0 Å². The summed E-state index contributed by atoms with van der Waals surface area (Å²) < 4.78 is 0. The van der Waals surface area contributed by atoms with Gasteiger partial charge in [-0.15, -0.1) is 0 Å². The van der Waals surface area contributed by atoms with Gasteiger partial charge in [-0.2, -0.15) is 0 Å². The SMILES string of the molecule is CC(O)C(C)C(C)(C)CO. The molecule has 10 heavy (non-hydrogen) atoms. The molecule has 0 heterocycles. The maximum atomic E-state index is 9.18. The Balaban J connectivity index is 4.03. The minimum Gasteiger partial charge on any atom is -0.396 e. The lowest BCUT2D eigenvalue weighted by Crippen LogP contribution is -2.33. The minimum absolute atomic E-state index is 0.124. The van der Waals surface area contributed by atoms with Crippen LogP contribution in [0.15, 0.2) is 0 Å².